The van der Waals surface area contributed by atoms with Gasteiger partial charge in [0.1, 0.15) is 0 Å². The van der Waals surface area contributed by atoms with Crippen LogP contribution in [0.5, 0.6) is 0 Å². The molecule has 0 heterocycles. The third-order valence-electron chi connectivity index (χ3n) is 7.02. The van der Waals surface area contributed by atoms with E-state index in [-0.39, 0.29) is 30.0 Å². The van der Waals surface area contributed by atoms with Crippen LogP contribution in [0.25, 0.3) is 0 Å². The monoisotopic (exact) mass is 350 g/mol. The predicted octanol–water partition coefficient (Wildman–Crippen LogP) is 1.92. The van der Waals surface area contributed by atoms with Gasteiger partial charge in [0.25, 0.3) is 0 Å². The lowest BCUT2D eigenvalue weighted by atomic mass is 9.56. The molecule has 2 N–H and O–H groups in total. The topological polar surface area (TPSA) is 93.1 Å². The predicted molar refractivity (Wildman–Crippen MR) is 88.7 cm³/mol. The summed E-state index contributed by atoms with van der Waals surface area (Å²) in [5, 5.41) is 20.5. The van der Waals surface area contributed by atoms with E-state index in [1.54, 1.807) is 6.92 Å². The molecule has 5 atom stereocenters. The van der Waals surface area contributed by atoms with E-state index >= 15 is 0 Å². The number of fused-ring (bicyclic) bond motifs is 5. The van der Waals surface area contributed by atoms with E-state index in [1.807, 2.05) is 6.08 Å². The highest BCUT2D eigenvalue weighted by atomic mass is 17.2. The first-order valence-corrected chi connectivity index (χ1v) is 8.89. The van der Waals surface area contributed by atoms with Crippen molar-refractivity contribution in [1.29, 1.82) is 0 Å². The van der Waals surface area contributed by atoms with Crippen LogP contribution in [0.1, 0.15) is 39.0 Å². The normalized spacial score (nSPS) is 39.2. The van der Waals surface area contributed by atoms with Crippen LogP contribution in [-0.2, 0) is 19.4 Å². The molecule has 3 rings (SSSR count). The molecule has 3 saturated carbocycles. The van der Waals surface area contributed by atoms with Gasteiger partial charge in [0.2, 0.25) is 0 Å². The van der Waals surface area contributed by atoms with Crippen molar-refractivity contribution < 1.29 is 29.6 Å². The maximum absolute atomic E-state index is 12.0. The van der Waals surface area contributed by atoms with Crippen molar-refractivity contribution >= 4 is 11.9 Å². The first kappa shape index (κ1) is 18.1. The zero-order valence-electron chi connectivity index (χ0n) is 14.6. The standard InChI is InChI=1S/C19H26O6/c1-3-16(22)24-25-17(23)12(2)8-14-4-5-15-13-6-7-18(9-13,10-20)19(14,15)11-21/h3,8,13-15,20-21H,1,4-7,9-11H2,2H3/b12-8+. The van der Waals surface area contributed by atoms with Crippen molar-refractivity contribution in [2.75, 3.05) is 13.2 Å². The summed E-state index contributed by atoms with van der Waals surface area (Å²) in [7, 11) is 0. The molecule has 2 bridgehead atoms. The summed E-state index contributed by atoms with van der Waals surface area (Å²) in [4.78, 5) is 31.9. The number of aliphatic hydroxyl groups excluding tert-OH is 2. The van der Waals surface area contributed by atoms with Gasteiger partial charge in [-0.2, -0.15) is 0 Å². The summed E-state index contributed by atoms with van der Waals surface area (Å²) in [5.41, 5.74) is -0.288. The first-order chi connectivity index (χ1) is 11.9. The van der Waals surface area contributed by atoms with Crippen molar-refractivity contribution in [2.24, 2.45) is 28.6 Å². The summed E-state index contributed by atoms with van der Waals surface area (Å²) in [6.07, 6.45) is 7.62. The zero-order valence-corrected chi connectivity index (χ0v) is 14.6. The van der Waals surface area contributed by atoms with Crippen molar-refractivity contribution in [3.63, 3.8) is 0 Å². The molecule has 6 nitrogen and oxygen atoms in total. The van der Waals surface area contributed by atoms with Crippen LogP contribution >= 0.6 is 0 Å². The zero-order chi connectivity index (χ0) is 18.2. The first-order valence-electron chi connectivity index (χ1n) is 8.89. The lowest BCUT2D eigenvalue weighted by Gasteiger charge is -2.49. The Balaban J connectivity index is 1.81. The molecule has 5 unspecified atom stereocenters. The summed E-state index contributed by atoms with van der Waals surface area (Å²) in [5.74, 6) is -0.614. The summed E-state index contributed by atoms with van der Waals surface area (Å²) in [6.45, 7) is 4.93. The van der Waals surface area contributed by atoms with Crippen LogP contribution in [0.15, 0.2) is 24.3 Å². The quantitative estimate of drug-likeness (QED) is 0.447. The van der Waals surface area contributed by atoms with Gasteiger partial charge in [0.05, 0.1) is 6.61 Å². The molecule has 0 radical (unpaired) electrons. The molecule has 0 aliphatic heterocycles. The van der Waals surface area contributed by atoms with Gasteiger partial charge in [0.15, 0.2) is 0 Å². The van der Waals surface area contributed by atoms with E-state index in [0.717, 1.165) is 38.2 Å². The highest BCUT2D eigenvalue weighted by molar-refractivity contribution is 5.88. The number of rotatable bonds is 5. The highest BCUT2D eigenvalue weighted by Gasteiger charge is 2.70. The molecule has 6 heteroatoms. The Labute approximate surface area is 147 Å². The van der Waals surface area contributed by atoms with Gasteiger partial charge < -0.3 is 10.2 Å². The second-order valence-electron chi connectivity index (χ2n) is 7.76. The molecule has 3 aliphatic carbocycles. The maximum atomic E-state index is 12.0. The SMILES string of the molecule is C=CC(=O)OOC(=O)/C(C)=C/C1CCC2C3CCC(CO)(C3)C12CO. The minimum Gasteiger partial charge on any atom is -0.396 e. The molecule has 25 heavy (non-hydrogen) atoms. The summed E-state index contributed by atoms with van der Waals surface area (Å²) >= 11 is 0. The number of aliphatic hydroxyl groups is 2. The Morgan fingerprint density at radius 2 is 1.96 bits per heavy atom. The Bertz CT molecular complexity index is 611. The molecule has 138 valence electrons. The molecule has 3 aliphatic rings. The second-order valence-corrected chi connectivity index (χ2v) is 7.76. The number of carbonyl (C=O) groups is 2. The van der Waals surface area contributed by atoms with E-state index in [2.05, 4.69) is 16.4 Å². The maximum Gasteiger partial charge on any atom is 0.381 e. The highest BCUT2D eigenvalue weighted by Crippen LogP contribution is 2.74. The minimum absolute atomic E-state index is 0.00241. The van der Waals surface area contributed by atoms with Crippen molar-refractivity contribution in [1.82, 2.24) is 0 Å². The van der Waals surface area contributed by atoms with Gasteiger partial charge in [-0.1, -0.05) is 12.7 Å². The smallest absolute Gasteiger partial charge is 0.381 e. The number of hydrogen-bond donors (Lipinski definition) is 2. The molecule has 0 amide bonds. The lowest BCUT2D eigenvalue weighted by molar-refractivity contribution is -0.251. The van der Waals surface area contributed by atoms with Gasteiger partial charge in [-0.3, -0.25) is 0 Å². The van der Waals surface area contributed by atoms with Gasteiger partial charge >= 0.3 is 11.9 Å². The van der Waals surface area contributed by atoms with Gasteiger partial charge in [-0.25, -0.2) is 19.4 Å². The average Bonchev–Trinajstić information content (AvgIpc) is 3.29. The van der Waals surface area contributed by atoms with Gasteiger partial charge in [-0.15, -0.1) is 0 Å². The van der Waals surface area contributed by atoms with Crippen LogP contribution in [0.3, 0.4) is 0 Å². The van der Waals surface area contributed by atoms with Crippen LogP contribution in [0.2, 0.25) is 0 Å². The summed E-state index contributed by atoms with van der Waals surface area (Å²) < 4.78 is 0. The van der Waals surface area contributed by atoms with E-state index in [9.17, 15) is 19.8 Å². The van der Waals surface area contributed by atoms with E-state index in [1.165, 1.54) is 0 Å². The Morgan fingerprint density at radius 3 is 2.60 bits per heavy atom. The third-order valence-corrected chi connectivity index (χ3v) is 7.02. The Kier molecular flexibility index (Phi) is 4.77. The number of carbonyl (C=O) groups excluding carboxylic acids is 2. The van der Waals surface area contributed by atoms with Crippen molar-refractivity contribution in [3.8, 4) is 0 Å². The Morgan fingerprint density at radius 1 is 1.20 bits per heavy atom. The van der Waals surface area contributed by atoms with Crippen molar-refractivity contribution in [2.45, 2.75) is 39.0 Å². The molecular formula is C19H26O6. The van der Waals surface area contributed by atoms with Crippen LogP contribution < -0.4 is 0 Å². The van der Waals surface area contributed by atoms with Crippen LogP contribution in [0.4, 0.5) is 0 Å². The number of hydrogen-bond acceptors (Lipinski definition) is 6. The van der Waals surface area contributed by atoms with Crippen molar-refractivity contribution in [3.05, 3.63) is 24.3 Å². The van der Waals surface area contributed by atoms with E-state index in [4.69, 9.17) is 0 Å². The van der Waals surface area contributed by atoms with Gasteiger partial charge in [-0.05, 0) is 56.8 Å². The molecule has 0 saturated heterocycles. The van der Waals surface area contributed by atoms with Crippen LogP contribution in [0, 0.1) is 28.6 Å². The molecule has 0 aromatic carbocycles. The fraction of sp³-hybridized carbons (Fsp3) is 0.684. The van der Waals surface area contributed by atoms with E-state index < -0.39 is 11.9 Å². The van der Waals surface area contributed by atoms with Crippen LogP contribution in [-0.4, -0.2) is 35.4 Å². The molecule has 0 spiro atoms. The molecule has 0 aromatic heterocycles. The van der Waals surface area contributed by atoms with E-state index in [0.29, 0.717) is 17.4 Å². The molecular weight excluding hydrogens is 324 g/mol. The second kappa shape index (κ2) is 6.57. The summed E-state index contributed by atoms with van der Waals surface area (Å²) in [6, 6.07) is 0. The molecule has 3 fully saturated rings. The Hall–Kier alpha value is -1.66. The largest absolute Gasteiger partial charge is 0.396 e. The fourth-order valence-electron chi connectivity index (χ4n) is 6.00. The fourth-order valence-corrected chi connectivity index (χ4v) is 6.00. The third kappa shape index (κ3) is 2.54. The van der Waals surface area contributed by atoms with Gasteiger partial charge in [0, 0.05) is 29.1 Å². The molecule has 0 aromatic rings. The number of allylic oxidation sites excluding steroid dienone is 1. The average molecular weight is 350 g/mol. The lowest BCUT2D eigenvalue weighted by Crippen LogP contribution is -2.49. The minimum atomic E-state index is -0.832.